The van der Waals surface area contributed by atoms with Gasteiger partial charge in [0.2, 0.25) is 0 Å². The van der Waals surface area contributed by atoms with Gasteiger partial charge in [-0.1, -0.05) is 20.8 Å². The molecular weight excluding hydrogens is 340 g/mol. The van der Waals surface area contributed by atoms with Gasteiger partial charge in [0, 0.05) is 11.6 Å². The van der Waals surface area contributed by atoms with Gasteiger partial charge in [-0.2, -0.15) is 0 Å². The molecule has 1 amide bonds. The van der Waals surface area contributed by atoms with Crippen molar-refractivity contribution < 1.29 is 14.3 Å². The molecule has 1 aromatic carbocycles. The maximum absolute atomic E-state index is 12.6. The number of ether oxygens (including phenoxy) is 2. The molecule has 0 spiro atoms. The van der Waals surface area contributed by atoms with Crippen LogP contribution in [0.25, 0.3) is 0 Å². The van der Waals surface area contributed by atoms with Crippen molar-refractivity contribution in [1.82, 2.24) is 10.6 Å². The van der Waals surface area contributed by atoms with Crippen molar-refractivity contribution in [2.45, 2.75) is 46.1 Å². The fraction of sp³-hybridized carbons (Fsp3) is 0.632. The average Bonchev–Trinajstić information content (AvgIpc) is 2.60. The van der Waals surface area contributed by atoms with Crippen molar-refractivity contribution in [2.75, 3.05) is 26.3 Å². The molecule has 0 radical (unpaired) electrons. The highest BCUT2D eigenvalue weighted by Crippen LogP contribution is 2.29. The Kier molecular flexibility index (Phi) is 9.68. The maximum atomic E-state index is 12.6. The lowest BCUT2D eigenvalue weighted by Gasteiger charge is -2.30. The molecule has 1 fully saturated rings. The van der Waals surface area contributed by atoms with E-state index >= 15 is 0 Å². The first-order chi connectivity index (χ1) is 11.7. The Morgan fingerprint density at radius 3 is 2.52 bits per heavy atom. The molecule has 0 aliphatic carbocycles. The Morgan fingerprint density at radius 1 is 1.20 bits per heavy atom. The lowest BCUT2D eigenvalue weighted by Crippen LogP contribution is -2.48. The molecule has 2 unspecified atom stereocenters. The Hall–Kier alpha value is -1.46. The van der Waals surface area contributed by atoms with E-state index in [1.807, 2.05) is 12.1 Å². The normalized spacial score (nSPS) is 19.6. The van der Waals surface area contributed by atoms with Crippen LogP contribution in [0.15, 0.2) is 18.2 Å². The smallest absolute Gasteiger partial charge is 0.251 e. The Labute approximate surface area is 157 Å². The Bertz CT molecular complexity index is 539. The summed E-state index contributed by atoms with van der Waals surface area (Å²) in [7, 11) is 0. The van der Waals surface area contributed by atoms with Gasteiger partial charge in [-0.3, -0.25) is 4.79 Å². The van der Waals surface area contributed by atoms with Crippen LogP contribution in [0.3, 0.4) is 0 Å². The molecule has 25 heavy (non-hydrogen) atoms. The first-order valence-corrected chi connectivity index (χ1v) is 9.06. The Morgan fingerprint density at radius 2 is 1.88 bits per heavy atom. The van der Waals surface area contributed by atoms with Crippen molar-refractivity contribution in [2.24, 2.45) is 5.92 Å². The van der Waals surface area contributed by atoms with Gasteiger partial charge in [0.05, 0.1) is 13.2 Å². The average molecular weight is 371 g/mol. The number of piperidine rings is 1. The minimum atomic E-state index is -0.0443. The number of hydrogen-bond acceptors (Lipinski definition) is 4. The zero-order chi connectivity index (χ0) is 17.4. The van der Waals surface area contributed by atoms with Crippen LogP contribution < -0.4 is 20.1 Å². The van der Waals surface area contributed by atoms with Crippen molar-refractivity contribution >= 4 is 18.3 Å². The van der Waals surface area contributed by atoms with Gasteiger partial charge in [0.25, 0.3) is 5.91 Å². The lowest BCUT2D eigenvalue weighted by molar-refractivity contribution is 0.0913. The highest BCUT2D eigenvalue weighted by Gasteiger charge is 2.23. The summed E-state index contributed by atoms with van der Waals surface area (Å²) in [6.45, 7) is 9.42. The quantitative estimate of drug-likeness (QED) is 0.736. The molecule has 0 saturated carbocycles. The van der Waals surface area contributed by atoms with E-state index in [0.29, 0.717) is 36.2 Å². The van der Waals surface area contributed by atoms with Gasteiger partial charge < -0.3 is 20.1 Å². The zero-order valence-corrected chi connectivity index (χ0v) is 16.3. The molecule has 0 aromatic heterocycles. The van der Waals surface area contributed by atoms with Crippen LogP contribution >= 0.6 is 12.4 Å². The van der Waals surface area contributed by atoms with Crippen LogP contribution in [0.1, 0.15) is 50.4 Å². The van der Waals surface area contributed by atoms with E-state index in [0.717, 1.165) is 32.4 Å². The summed E-state index contributed by atoms with van der Waals surface area (Å²) in [5.74, 6) is 1.75. The van der Waals surface area contributed by atoms with Crippen LogP contribution in [-0.2, 0) is 0 Å². The second-order valence-electron chi connectivity index (χ2n) is 6.41. The fourth-order valence-electron chi connectivity index (χ4n) is 2.79. The van der Waals surface area contributed by atoms with E-state index in [-0.39, 0.29) is 24.4 Å². The molecule has 1 saturated heterocycles. The maximum Gasteiger partial charge on any atom is 0.251 e. The molecule has 1 aromatic rings. The van der Waals surface area contributed by atoms with Crippen molar-refractivity contribution in [3.8, 4) is 11.5 Å². The number of nitrogens with one attached hydrogen (secondary N) is 2. The van der Waals surface area contributed by atoms with Gasteiger partial charge in [0.1, 0.15) is 0 Å². The number of rotatable bonds is 8. The third kappa shape index (κ3) is 6.40. The molecule has 142 valence electrons. The number of hydrogen-bond donors (Lipinski definition) is 2. The third-order valence-electron chi connectivity index (χ3n) is 4.23. The summed E-state index contributed by atoms with van der Waals surface area (Å²) in [4.78, 5) is 12.6. The summed E-state index contributed by atoms with van der Waals surface area (Å²) >= 11 is 0. The highest BCUT2D eigenvalue weighted by molar-refractivity contribution is 5.95. The summed E-state index contributed by atoms with van der Waals surface area (Å²) < 4.78 is 11.5. The number of benzene rings is 1. The van der Waals surface area contributed by atoms with Crippen LogP contribution in [0.4, 0.5) is 0 Å². The van der Waals surface area contributed by atoms with E-state index in [2.05, 4.69) is 31.4 Å². The standard InChI is InChI=1S/C19H30N2O3.ClH/c1-4-10-23-17-7-6-15(12-18(17)24-11-5-2)19(22)21-16-8-9-20-13-14(16)3;/h6-7,12,14,16,20H,4-5,8-11,13H2,1-3H3,(H,21,22);1H. The van der Waals surface area contributed by atoms with Crippen LogP contribution in [0.5, 0.6) is 11.5 Å². The van der Waals surface area contributed by atoms with Gasteiger partial charge >= 0.3 is 0 Å². The second kappa shape index (κ2) is 11.2. The summed E-state index contributed by atoms with van der Waals surface area (Å²) in [6, 6.07) is 5.66. The van der Waals surface area contributed by atoms with Gasteiger partial charge in [0.15, 0.2) is 11.5 Å². The predicted octanol–water partition coefficient (Wildman–Crippen LogP) is 3.41. The zero-order valence-electron chi connectivity index (χ0n) is 15.5. The molecular formula is C19H31ClN2O3. The molecule has 1 aliphatic heterocycles. The van der Waals surface area contributed by atoms with Crippen molar-refractivity contribution in [3.05, 3.63) is 23.8 Å². The SMILES string of the molecule is CCCOc1ccc(C(=O)NC2CCNCC2C)cc1OCCC.Cl. The third-order valence-corrected chi connectivity index (χ3v) is 4.23. The molecule has 5 nitrogen and oxygen atoms in total. The van der Waals surface area contributed by atoms with E-state index in [9.17, 15) is 4.79 Å². The fourth-order valence-corrected chi connectivity index (χ4v) is 2.79. The van der Waals surface area contributed by atoms with E-state index in [4.69, 9.17) is 9.47 Å². The van der Waals surface area contributed by atoms with Crippen molar-refractivity contribution in [1.29, 1.82) is 0 Å². The summed E-state index contributed by atoms with van der Waals surface area (Å²) in [6.07, 6.45) is 2.81. The van der Waals surface area contributed by atoms with Gasteiger partial charge in [-0.05, 0) is 56.5 Å². The predicted molar refractivity (Wildman–Crippen MR) is 103 cm³/mol. The monoisotopic (exact) mass is 370 g/mol. The van der Waals surface area contributed by atoms with E-state index < -0.39 is 0 Å². The minimum Gasteiger partial charge on any atom is -0.490 e. The number of halogens is 1. The van der Waals surface area contributed by atoms with Gasteiger partial charge in [-0.15, -0.1) is 12.4 Å². The number of carbonyl (C=O) groups excluding carboxylic acids is 1. The summed E-state index contributed by atoms with van der Waals surface area (Å²) in [5, 5.41) is 6.50. The molecule has 1 heterocycles. The molecule has 2 atom stereocenters. The number of amides is 1. The van der Waals surface area contributed by atoms with Crippen LogP contribution in [0.2, 0.25) is 0 Å². The molecule has 6 heteroatoms. The van der Waals surface area contributed by atoms with E-state index in [1.165, 1.54) is 0 Å². The van der Waals surface area contributed by atoms with Crippen LogP contribution in [0, 0.1) is 5.92 Å². The van der Waals surface area contributed by atoms with Crippen molar-refractivity contribution in [3.63, 3.8) is 0 Å². The molecule has 0 bridgehead atoms. The minimum absolute atomic E-state index is 0. The Balaban J connectivity index is 0.00000312. The first-order valence-electron chi connectivity index (χ1n) is 9.06. The topological polar surface area (TPSA) is 59.6 Å². The van der Waals surface area contributed by atoms with Crippen LogP contribution in [-0.4, -0.2) is 38.3 Å². The molecule has 1 aliphatic rings. The first kappa shape index (κ1) is 21.6. The largest absolute Gasteiger partial charge is 0.490 e. The number of carbonyl (C=O) groups is 1. The van der Waals surface area contributed by atoms with Gasteiger partial charge in [-0.25, -0.2) is 0 Å². The molecule has 2 N–H and O–H groups in total. The van der Waals surface area contributed by atoms with E-state index in [1.54, 1.807) is 6.07 Å². The lowest BCUT2D eigenvalue weighted by atomic mass is 9.95. The second-order valence-corrected chi connectivity index (χ2v) is 6.41. The molecule has 2 rings (SSSR count). The highest BCUT2D eigenvalue weighted by atomic mass is 35.5. The summed E-state index contributed by atoms with van der Waals surface area (Å²) in [5.41, 5.74) is 0.621.